The molecule has 0 bridgehead atoms. The van der Waals surface area contributed by atoms with Crippen LogP contribution in [0.4, 0.5) is 0 Å². The summed E-state index contributed by atoms with van der Waals surface area (Å²) >= 11 is 0. The van der Waals surface area contributed by atoms with Gasteiger partial charge in [0.1, 0.15) is 5.75 Å². The Labute approximate surface area is 83.2 Å². The van der Waals surface area contributed by atoms with Crippen LogP contribution in [0.5, 0.6) is 5.75 Å². The molecule has 0 aromatic heterocycles. The fourth-order valence-electron chi connectivity index (χ4n) is 1.43. The van der Waals surface area contributed by atoms with E-state index in [0.717, 1.165) is 23.3 Å². The van der Waals surface area contributed by atoms with Gasteiger partial charge in [0.15, 0.2) is 5.78 Å². The van der Waals surface area contributed by atoms with Gasteiger partial charge in [-0.2, -0.15) is 0 Å². The van der Waals surface area contributed by atoms with Crippen molar-refractivity contribution in [2.24, 2.45) is 0 Å². The first kappa shape index (κ1) is 9.00. The summed E-state index contributed by atoms with van der Waals surface area (Å²) < 4.78 is 5.05. The molecule has 0 saturated heterocycles. The third-order valence-electron chi connectivity index (χ3n) is 2.44. The highest BCUT2D eigenvalue weighted by Gasteiger charge is 2.19. The van der Waals surface area contributed by atoms with Crippen LogP contribution in [-0.4, -0.2) is 12.9 Å². The number of carbonyl (C=O) groups excluding carboxylic acids is 1. The number of ether oxygens (including phenoxy) is 1. The Morgan fingerprint density at radius 3 is 2.36 bits per heavy atom. The van der Waals surface area contributed by atoms with Crippen molar-refractivity contribution in [3.05, 3.63) is 35.4 Å². The van der Waals surface area contributed by atoms with Crippen LogP contribution in [0, 0.1) is 0 Å². The van der Waals surface area contributed by atoms with Crippen molar-refractivity contribution in [3.8, 4) is 5.75 Å². The van der Waals surface area contributed by atoms with E-state index in [1.54, 1.807) is 7.11 Å². The quantitative estimate of drug-likeness (QED) is 0.666. The third kappa shape index (κ3) is 1.69. The van der Waals surface area contributed by atoms with E-state index < -0.39 is 0 Å². The van der Waals surface area contributed by atoms with Crippen LogP contribution in [0.25, 0.3) is 6.08 Å². The van der Waals surface area contributed by atoms with Crippen LogP contribution in [0.15, 0.2) is 29.8 Å². The van der Waals surface area contributed by atoms with Crippen molar-refractivity contribution in [1.29, 1.82) is 0 Å². The molecule has 1 aromatic carbocycles. The molecular formula is C12H12O2. The van der Waals surface area contributed by atoms with E-state index in [9.17, 15) is 4.79 Å². The van der Waals surface area contributed by atoms with Gasteiger partial charge >= 0.3 is 0 Å². The van der Waals surface area contributed by atoms with Gasteiger partial charge in [-0.15, -0.1) is 0 Å². The summed E-state index contributed by atoms with van der Waals surface area (Å²) in [7, 11) is 1.64. The first-order chi connectivity index (χ1) is 6.79. The zero-order chi connectivity index (χ0) is 9.97. The Kier molecular flexibility index (Phi) is 2.35. The van der Waals surface area contributed by atoms with E-state index in [-0.39, 0.29) is 5.78 Å². The molecule has 0 atom stereocenters. The fraction of sp³-hybridized carbons (Fsp3) is 0.250. The lowest BCUT2D eigenvalue weighted by molar-refractivity contribution is -0.118. The number of hydrogen-bond acceptors (Lipinski definition) is 2. The van der Waals surface area contributed by atoms with Gasteiger partial charge in [0, 0.05) is 6.42 Å². The number of benzene rings is 1. The van der Waals surface area contributed by atoms with Gasteiger partial charge in [-0.05, 0) is 35.8 Å². The van der Waals surface area contributed by atoms with E-state index in [2.05, 4.69) is 0 Å². The van der Waals surface area contributed by atoms with Crippen LogP contribution in [0.1, 0.15) is 18.4 Å². The van der Waals surface area contributed by atoms with Gasteiger partial charge < -0.3 is 4.74 Å². The Hall–Kier alpha value is -1.57. The molecule has 14 heavy (non-hydrogen) atoms. The largest absolute Gasteiger partial charge is 0.497 e. The SMILES string of the molecule is COc1ccc(/C=C2/CCC2=O)cc1. The highest BCUT2D eigenvalue weighted by atomic mass is 16.5. The zero-order valence-corrected chi connectivity index (χ0v) is 8.12. The maximum Gasteiger partial charge on any atom is 0.159 e. The Bertz CT molecular complexity index is 374. The molecule has 1 aliphatic carbocycles. The van der Waals surface area contributed by atoms with E-state index in [1.807, 2.05) is 30.3 Å². The summed E-state index contributed by atoms with van der Waals surface area (Å²) in [5, 5.41) is 0. The molecule has 2 heteroatoms. The summed E-state index contributed by atoms with van der Waals surface area (Å²) in [5.74, 6) is 1.12. The summed E-state index contributed by atoms with van der Waals surface area (Å²) in [4.78, 5) is 11.1. The van der Waals surface area contributed by atoms with Crippen LogP contribution in [0.2, 0.25) is 0 Å². The van der Waals surface area contributed by atoms with Crippen molar-refractivity contribution in [2.75, 3.05) is 7.11 Å². The minimum Gasteiger partial charge on any atom is -0.497 e. The number of hydrogen-bond donors (Lipinski definition) is 0. The average molecular weight is 188 g/mol. The van der Waals surface area contributed by atoms with Crippen molar-refractivity contribution in [2.45, 2.75) is 12.8 Å². The number of methoxy groups -OCH3 is 1. The monoisotopic (exact) mass is 188 g/mol. The summed E-state index contributed by atoms with van der Waals surface area (Å²) in [6, 6.07) is 7.71. The highest BCUT2D eigenvalue weighted by molar-refractivity contribution is 6.05. The van der Waals surface area contributed by atoms with Gasteiger partial charge in [0.2, 0.25) is 0 Å². The molecule has 0 heterocycles. The molecule has 0 amide bonds. The molecule has 1 saturated carbocycles. The molecule has 0 radical (unpaired) electrons. The molecule has 0 aliphatic heterocycles. The van der Waals surface area contributed by atoms with E-state index in [1.165, 1.54) is 0 Å². The summed E-state index contributed by atoms with van der Waals surface area (Å²) in [5.41, 5.74) is 2.00. The van der Waals surface area contributed by atoms with E-state index in [0.29, 0.717) is 6.42 Å². The number of carbonyl (C=O) groups is 1. The molecule has 2 nitrogen and oxygen atoms in total. The second kappa shape index (κ2) is 3.66. The normalized spacial score (nSPS) is 18.1. The highest BCUT2D eigenvalue weighted by Crippen LogP contribution is 2.24. The van der Waals surface area contributed by atoms with E-state index >= 15 is 0 Å². The van der Waals surface area contributed by atoms with Crippen LogP contribution < -0.4 is 4.74 Å². The number of Topliss-reactive ketones (excluding diaryl/α,β-unsaturated/α-hetero) is 1. The van der Waals surface area contributed by atoms with E-state index in [4.69, 9.17) is 4.74 Å². The zero-order valence-electron chi connectivity index (χ0n) is 8.12. The summed E-state index contributed by atoms with van der Waals surface area (Å²) in [6.07, 6.45) is 3.58. The molecule has 2 rings (SSSR count). The van der Waals surface area contributed by atoms with Gasteiger partial charge in [0.05, 0.1) is 7.11 Å². The fourth-order valence-corrected chi connectivity index (χ4v) is 1.43. The molecule has 72 valence electrons. The van der Waals surface area contributed by atoms with Crippen LogP contribution in [-0.2, 0) is 4.79 Å². The maximum absolute atomic E-state index is 11.1. The molecule has 0 spiro atoms. The standard InChI is InChI=1S/C12H12O2/c1-14-11-5-2-9(3-6-11)8-10-4-7-12(10)13/h2-3,5-6,8H,4,7H2,1H3/b10-8-. The molecule has 0 N–H and O–H groups in total. The second-order valence-corrected chi connectivity index (χ2v) is 3.37. The van der Waals surface area contributed by atoms with Gasteiger partial charge in [-0.25, -0.2) is 0 Å². The predicted octanol–water partition coefficient (Wildman–Crippen LogP) is 2.44. The molecule has 1 fully saturated rings. The van der Waals surface area contributed by atoms with Gasteiger partial charge in [-0.1, -0.05) is 12.1 Å². The lowest BCUT2D eigenvalue weighted by Crippen LogP contribution is -2.13. The van der Waals surface area contributed by atoms with Crippen molar-refractivity contribution in [3.63, 3.8) is 0 Å². The molecular weight excluding hydrogens is 176 g/mol. The lowest BCUT2D eigenvalue weighted by atomic mass is 9.89. The van der Waals surface area contributed by atoms with Gasteiger partial charge in [-0.3, -0.25) is 4.79 Å². The molecule has 1 aliphatic rings. The third-order valence-corrected chi connectivity index (χ3v) is 2.44. The number of ketones is 1. The Morgan fingerprint density at radius 1 is 1.21 bits per heavy atom. The van der Waals surface area contributed by atoms with Gasteiger partial charge in [0.25, 0.3) is 0 Å². The Balaban J connectivity index is 2.17. The second-order valence-electron chi connectivity index (χ2n) is 3.37. The first-order valence-corrected chi connectivity index (χ1v) is 4.67. The smallest absolute Gasteiger partial charge is 0.159 e. The molecule has 0 unspecified atom stereocenters. The average Bonchev–Trinajstić information content (AvgIpc) is 2.24. The van der Waals surface area contributed by atoms with Crippen molar-refractivity contribution >= 4 is 11.9 Å². The number of rotatable bonds is 2. The summed E-state index contributed by atoms with van der Waals surface area (Å²) in [6.45, 7) is 0. The minimum atomic E-state index is 0.279. The molecule has 1 aromatic rings. The maximum atomic E-state index is 11.1. The Morgan fingerprint density at radius 2 is 1.93 bits per heavy atom. The van der Waals surface area contributed by atoms with Crippen LogP contribution >= 0.6 is 0 Å². The van der Waals surface area contributed by atoms with Crippen LogP contribution in [0.3, 0.4) is 0 Å². The topological polar surface area (TPSA) is 26.3 Å². The van der Waals surface area contributed by atoms with Crippen molar-refractivity contribution < 1.29 is 9.53 Å². The number of allylic oxidation sites excluding steroid dienone is 1. The lowest BCUT2D eigenvalue weighted by Gasteiger charge is -2.14. The first-order valence-electron chi connectivity index (χ1n) is 4.67. The predicted molar refractivity (Wildman–Crippen MR) is 55.2 cm³/mol. The minimum absolute atomic E-state index is 0.279. The van der Waals surface area contributed by atoms with Crippen molar-refractivity contribution in [1.82, 2.24) is 0 Å².